The van der Waals surface area contributed by atoms with E-state index in [1.807, 2.05) is 26.0 Å². The Morgan fingerprint density at radius 2 is 2.17 bits per heavy atom. The summed E-state index contributed by atoms with van der Waals surface area (Å²) in [6, 6.07) is 3.92. The maximum atomic E-state index is 9.14. The monoisotopic (exact) mass is 271 g/mol. The smallest absolute Gasteiger partial charge is 0.122 e. The Labute approximate surface area is 114 Å². The first kappa shape index (κ1) is 15.3. The van der Waals surface area contributed by atoms with E-state index in [1.165, 1.54) is 0 Å². The van der Waals surface area contributed by atoms with E-state index in [4.69, 9.17) is 27.2 Å². The van der Waals surface area contributed by atoms with Crippen LogP contribution in [-0.2, 0) is 6.42 Å². The van der Waals surface area contributed by atoms with Crippen LogP contribution >= 0.6 is 11.6 Å². The minimum absolute atomic E-state index is 0.125. The van der Waals surface area contributed by atoms with Gasteiger partial charge in [0, 0.05) is 11.6 Å². The third-order valence-corrected chi connectivity index (χ3v) is 3.46. The fourth-order valence-corrected chi connectivity index (χ4v) is 2.01. The number of halogens is 1. The number of hydrogen-bond acceptors (Lipinski definition) is 3. The molecule has 4 heteroatoms. The zero-order chi connectivity index (χ0) is 13.5. The van der Waals surface area contributed by atoms with Crippen LogP contribution in [0, 0.1) is 12.8 Å². The van der Waals surface area contributed by atoms with Gasteiger partial charge in [-0.3, -0.25) is 0 Å². The second kappa shape index (κ2) is 7.62. The molecule has 0 radical (unpaired) electrons. The Bertz CT molecular complexity index is 378. The van der Waals surface area contributed by atoms with Crippen LogP contribution in [0.15, 0.2) is 12.1 Å². The van der Waals surface area contributed by atoms with Crippen LogP contribution in [0.25, 0.3) is 0 Å². The van der Waals surface area contributed by atoms with Gasteiger partial charge in [-0.1, -0.05) is 11.6 Å². The molecule has 102 valence electrons. The van der Waals surface area contributed by atoms with Gasteiger partial charge in [0.05, 0.1) is 6.61 Å². The first-order chi connectivity index (χ1) is 8.62. The summed E-state index contributed by atoms with van der Waals surface area (Å²) in [4.78, 5) is 0. The zero-order valence-electron chi connectivity index (χ0n) is 11.1. The summed E-state index contributed by atoms with van der Waals surface area (Å²) in [6.07, 6.45) is 1.66. The van der Waals surface area contributed by atoms with Gasteiger partial charge < -0.3 is 15.6 Å². The van der Waals surface area contributed by atoms with Gasteiger partial charge in [0.2, 0.25) is 0 Å². The Hall–Kier alpha value is -0.770. The standard InChI is InChI=1S/C14H22ClNO2/c1-3-18-14-6-10(2)13(15)7-12(14)5-4-11(8-16)9-17/h6-7,11,17H,3-5,8-9,16H2,1-2H3. The molecule has 3 nitrogen and oxygen atoms in total. The summed E-state index contributed by atoms with van der Waals surface area (Å²) >= 11 is 6.14. The van der Waals surface area contributed by atoms with Gasteiger partial charge >= 0.3 is 0 Å². The fourth-order valence-electron chi connectivity index (χ4n) is 1.82. The van der Waals surface area contributed by atoms with Crippen LogP contribution < -0.4 is 10.5 Å². The molecule has 1 unspecified atom stereocenters. The second-order valence-corrected chi connectivity index (χ2v) is 4.87. The van der Waals surface area contributed by atoms with E-state index >= 15 is 0 Å². The highest BCUT2D eigenvalue weighted by molar-refractivity contribution is 6.31. The van der Waals surface area contributed by atoms with E-state index in [-0.39, 0.29) is 12.5 Å². The molecular formula is C14H22ClNO2. The summed E-state index contributed by atoms with van der Waals surface area (Å²) < 4.78 is 5.62. The van der Waals surface area contributed by atoms with Gasteiger partial charge in [-0.25, -0.2) is 0 Å². The van der Waals surface area contributed by atoms with Crippen molar-refractivity contribution in [3.8, 4) is 5.75 Å². The molecule has 1 rings (SSSR count). The SMILES string of the molecule is CCOc1cc(C)c(Cl)cc1CCC(CN)CO. The van der Waals surface area contributed by atoms with E-state index in [0.717, 1.165) is 34.7 Å². The largest absolute Gasteiger partial charge is 0.494 e. The van der Waals surface area contributed by atoms with Crippen molar-refractivity contribution in [3.05, 3.63) is 28.3 Å². The third-order valence-electron chi connectivity index (χ3n) is 3.06. The summed E-state index contributed by atoms with van der Waals surface area (Å²) in [5.41, 5.74) is 7.68. The topological polar surface area (TPSA) is 55.5 Å². The van der Waals surface area contributed by atoms with Crippen molar-refractivity contribution >= 4 is 11.6 Å². The van der Waals surface area contributed by atoms with Crippen LogP contribution in [0.5, 0.6) is 5.75 Å². The van der Waals surface area contributed by atoms with E-state index in [9.17, 15) is 0 Å². The average Bonchev–Trinajstić information content (AvgIpc) is 2.36. The summed E-state index contributed by atoms with van der Waals surface area (Å²) in [6.45, 7) is 5.18. The molecule has 0 saturated carbocycles. The lowest BCUT2D eigenvalue weighted by atomic mass is 9.99. The molecule has 0 spiro atoms. The van der Waals surface area contributed by atoms with Gasteiger partial charge in [0.25, 0.3) is 0 Å². The average molecular weight is 272 g/mol. The van der Waals surface area contributed by atoms with Crippen molar-refractivity contribution in [2.24, 2.45) is 11.7 Å². The van der Waals surface area contributed by atoms with Crippen LogP contribution in [0.3, 0.4) is 0 Å². The highest BCUT2D eigenvalue weighted by Crippen LogP contribution is 2.28. The first-order valence-electron chi connectivity index (χ1n) is 6.35. The molecule has 3 N–H and O–H groups in total. The van der Waals surface area contributed by atoms with E-state index in [0.29, 0.717) is 13.2 Å². The molecule has 18 heavy (non-hydrogen) atoms. The lowest BCUT2D eigenvalue weighted by Crippen LogP contribution is -2.18. The van der Waals surface area contributed by atoms with Gasteiger partial charge in [0.1, 0.15) is 5.75 Å². The molecule has 1 aromatic carbocycles. The third kappa shape index (κ3) is 4.16. The lowest BCUT2D eigenvalue weighted by molar-refractivity contribution is 0.222. The molecule has 0 fully saturated rings. The number of benzene rings is 1. The van der Waals surface area contributed by atoms with Crippen molar-refractivity contribution in [2.75, 3.05) is 19.8 Å². The van der Waals surface area contributed by atoms with Gasteiger partial charge in [-0.05, 0) is 62.4 Å². The molecule has 0 aliphatic carbocycles. The fraction of sp³-hybridized carbons (Fsp3) is 0.571. The zero-order valence-corrected chi connectivity index (χ0v) is 11.8. The minimum Gasteiger partial charge on any atom is -0.494 e. The molecule has 0 amide bonds. The van der Waals surface area contributed by atoms with E-state index < -0.39 is 0 Å². The summed E-state index contributed by atoms with van der Waals surface area (Å²) in [7, 11) is 0. The first-order valence-corrected chi connectivity index (χ1v) is 6.72. The lowest BCUT2D eigenvalue weighted by Gasteiger charge is -2.15. The van der Waals surface area contributed by atoms with Crippen LogP contribution in [0.2, 0.25) is 5.02 Å². The number of nitrogens with two attached hydrogens (primary N) is 1. The Balaban J connectivity index is 2.82. The minimum atomic E-state index is 0.125. The molecule has 0 aliphatic rings. The molecule has 0 heterocycles. The summed E-state index contributed by atoms with van der Waals surface area (Å²) in [5, 5.41) is 9.89. The van der Waals surface area contributed by atoms with Crippen LogP contribution in [0.1, 0.15) is 24.5 Å². The van der Waals surface area contributed by atoms with Crippen LogP contribution in [0.4, 0.5) is 0 Å². The van der Waals surface area contributed by atoms with E-state index in [1.54, 1.807) is 0 Å². The Morgan fingerprint density at radius 1 is 1.44 bits per heavy atom. The molecule has 1 aromatic rings. The predicted molar refractivity (Wildman–Crippen MR) is 75.3 cm³/mol. The Morgan fingerprint density at radius 3 is 2.72 bits per heavy atom. The molecule has 0 aromatic heterocycles. The van der Waals surface area contributed by atoms with Gasteiger partial charge in [0.15, 0.2) is 0 Å². The van der Waals surface area contributed by atoms with Crippen molar-refractivity contribution < 1.29 is 9.84 Å². The van der Waals surface area contributed by atoms with Crippen LogP contribution in [-0.4, -0.2) is 24.9 Å². The highest BCUT2D eigenvalue weighted by atomic mass is 35.5. The van der Waals surface area contributed by atoms with Crippen molar-refractivity contribution in [3.63, 3.8) is 0 Å². The van der Waals surface area contributed by atoms with Crippen molar-refractivity contribution in [1.82, 2.24) is 0 Å². The molecule has 0 bridgehead atoms. The molecule has 0 aliphatic heterocycles. The number of aryl methyl sites for hydroxylation is 2. The maximum absolute atomic E-state index is 9.14. The summed E-state index contributed by atoms with van der Waals surface area (Å²) in [5.74, 6) is 1.02. The maximum Gasteiger partial charge on any atom is 0.122 e. The number of rotatable bonds is 7. The highest BCUT2D eigenvalue weighted by Gasteiger charge is 2.11. The van der Waals surface area contributed by atoms with Crippen molar-refractivity contribution in [2.45, 2.75) is 26.7 Å². The number of aliphatic hydroxyl groups is 1. The molecule has 0 saturated heterocycles. The number of aliphatic hydroxyl groups excluding tert-OH is 1. The molecule has 1 atom stereocenters. The molecular weight excluding hydrogens is 250 g/mol. The van der Waals surface area contributed by atoms with Gasteiger partial charge in [-0.15, -0.1) is 0 Å². The predicted octanol–water partition coefficient (Wildman–Crippen LogP) is 2.55. The van der Waals surface area contributed by atoms with E-state index in [2.05, 4.69) is 0 Å². The normalized spacial score (nSPS) is 12.5. The number of ether oxygens (including phenoxy) is 1. The van der Waals surface area contributed by atoms with Gasteiger partial charge in [-0.2, -0.15) is 0 Å². The number of hydrogen-bond donors (Lipinski definition) is 2. The second-order valence-electron chi connectivity index (χ2n) is 4.47. The Kier molecular flexibility index (Phi) is 6.47. The van der Waals surface area contributed by atoms with Crippen molar-refractivity contribution in [1.29, 1.82) is 0 Å². The quantitative estimate of drug-likeness (QED) is 0.801.